The molecule has 0 saturated carbocycles. The molecule has 1 heterocycles. The Balaban J connectivity index is 2.21. The Bertz CT molecular complexity index is 318. The first-order valence-electron chi connectivity index (χ1n) is 5.78. The molecular formula is C12H19BrN2O. The molecule has 1 aromatic heterocycles. The molecule has 3 nitrogen and oxygen atoms in total. The molecule has 2 N–H and O–H groups in total. The number of halogens is 1. The van der Waals surface area contributed by atoms with Gasteiger partial charge in [0.05, 0.1) is 23.0 Å². The first kappa shape index (κ1) is 13.3. The molecule has 0 aliphatic carbocycles. The van der Waals surface area contributed by atoms with Crippen molar-refractivity contribution in [2.24, 2.45) is 0 Å². The molecule has 16 heavy (non-hydrogen) atoms. The number of anilines is 1. The zero-order chi connectivity index (χ0) is 11.8. The predicted octanol–water partition coefficient (Wildman–Crippen LogP) is 3.78. The first-order valence-corrected chi connectivity index (χ1v) is 6.57. The van der Waals surface area contributed by atoms with E-state index in [0.717, 1.165) is 17.5 Å². The van der Waals surface area contributed by atoms with Gasteiger partial charge in [-0.15, -0.1) is 0 Å². The second-order valence-corrected chi connectivity index (χ2v) is 4.67. The standard InChI is InChI=1S/C12H19BrN2O/c1-2-3-4-5-6-7-16-12-11(13)8-10(14)9-15-12/h8-9H,2-7,14H2,1H3. The molecule has 0 atom stereocenters. The summed E-state index contributed by atoms with van der Waals surface area (Å²) < 4.78 is 6.38. The SMILES string of the molecule is CCCCCCCOc1ncc(N)cc1Br. The molecule has 1 rings (SSSR count). The van der Waals surface area contributed by atoms with E-state index in [0.29, 0.717) is 11.6 Å². The Morgan fingerprint density at radius 3 is 2.75 bits per heavy atom. The molecule has 0 aliphatic rings. The average Bonchev–Trinajstić information content (AvgIpc) is 2.26. The molecule has 1 aromatic rings. The summed E-state index contributed by atoms with van der Waals surface area (Å²) in [7, 11) is 0. The number of nitrogen functional groups attached to an aromatic ring is 1. The Hall–Kier alpha value is -0.770. The molecule has 4 heteroatoms. The van der Waals surface area contributed by atoms with E-state index in [4.69, 9.17) is 10.5 Å². The predicted molar refractivity (Wildman–Crippen MR) is 70.6 cm³/mol. The first-order chi connectivity index (χ1) is 7.74. The van der Waals surface area contributed by atoms with Crippen molar-refractivity contribution in [3.63, 3.8) is 0 Å². The van der Waals surface area contributed by atoms with Gasteiger partial charge in [0.15, 0.2) is 0 Å². The molecule has 0 bridgehead atoms. The van der Waals surface area contributed by atoms with Crippen molar-refractivity contribution in [1.82, 2.24) is 4.98 Å². The molecule has 0 aliphatic heterocycles. The van der Waals surface area contributed by atoms with Gasteiger partial charge in [-0.2, -0.15) is 0 Å². The molecule has 0 fully saturated rings. The number of hydrogen-bond donors (Lipinski definition) is 1. The Morgan fingerprint density at radius 1 is 1.31 bits per heavy atom. The van der Waals surface area contributed by atoms with Gasteiger partial charge in [0.2, 0.25) is 5.88 Å². The Labute approximate surface area is 106 Å². The van der Waals surface area contributed by atoms with Crippen LogP contribution >= 0.6 is 15.9 Å². The number of pyridine rings is 1. The molecule has 0 saturated heterocycles. The minimum atomic E-state index is 0.629. The van der Waals surface area contributed by atoms with Crippen LogP contribution in [0.5, 0.6) is 5.88 Å². The van der Waals surface area contributed by atoms with Crippen LogP contribution in [-0.4, -0.2) is 11.6 Å². The van der Waals surface area contributed by atoms with Crippen molar-refractivity contribution < 1.29 is 4.74 Å². The minimum Gasteiger partial charge on any atom is -0.477 e. The summed E-state index contributed by atoms with van der Waals surface area (Å²) in [5, 5.41) is 0. The van der Waals surface area contributed by atoms with E-state index in [9.17, 15) is 0 Å². The number of aromatic nitrogens is 1. The van der Waals surface area contributed by atoms with Crippen LogP contribution in [0.3, 0.4) is 0 Å². The highest BCUT2D eigenvalue weighted by Crippen LogP contribution is 2.24. The van der Waals surface area contributed by atoms with Crippen molar-refractivity contribution in [1.29, 1.82) is 0 Å². The van der Waals surface area contributed by atoms with E-state index < -0.39 is 0 Å². The van der Waals surface area contributed by atoms with E-state index in [1.54, 1.807) is 12.3 Å². The van der Waals surface area contributed by atoms with Gasteiger partial charge in [0.1, 0.15) is 0 Å². The normalized spacial score (nSPS) is 10.4. The second-order valence-electron chi connectivity index (χ2n) is 3.82. The van der Waals surface area contributed by atoms with Crippen LogP contribution in [0, 0.1) is 0 Å². The highest BCUT2D eigenvalue weighted by atomic mass is 79.9. The van der Waals surface area contributed by atoms with E-state index in [-0.39, 0.29) is 0 Å². The van der Waals surface area contributed by atoms with Gasteiger partial charge in [0, 0.05) is 0 Å². The van der Waals surface area contributed by atoms with Crippen molar-refractivity contribution >= 4 is 21.6 Å². The zero-order valence-electron chi connectivity index (χ0n) is 9.71. The van der Waals surface area contributed by atoms with Gasteiger partial charge in [0.25, 0.3) is 0 Å². The fourth-order valence-corrected chi connectivity index (χ4v) is 1.90. The molecule has 0 aromatic carbocycles. The van der Waals surface area contributed by atoms with Crippen molar-refractivity contribution in [2.45, 2.75) is 39.0 Å². The monoisotopic (exact) mass is 286 g/mol. The molecule has 0 unspecified atom stereocenters. The average molecular weight is 287 g/mol. The van der Waals surface area contributed by atoms with Crippen molar-refractivity contribution in [3.8, 4) is 5.88 Å². The van der Waals surface area contributed by atoms with Crippen LogP contribution in [0.1, 0.15) is 39.0 Å². The van der Waals surface area contributed by atoms with Gasteiger partial charge < -0.3 is 10.5 Å². The van der Waals surface area contributed by atoms with Crippen LogP contribution in [0.4, 0.5) is 5.69 Å². The summed E-state index contributed by atoms with van der Waals surface area (Å²) in [6.45, 7) is 2.94. The van der Waals surface area contributed by atoms with Crippen LogP contribution in [0.15, 0.2) is 16.7 Å². The van der Waals surface area contributed by atoms with Crippen LogP contribution in [-0.2, 0) is 0 Å². The lowest BCUT2D eigenvalue weighted by Gasteiger charge is -2.07. The molecule has 90 valence electrons. The van der Waals surface area contributed by atoms with Crippen LogP contribution in [0.25, 0.3) is 0 Å². The van der Waals surface area contributed by atoms with Gasteiger partial charge >= 0.3 is 0 Å². The fourth-order valence-electron chi connectivity index (χ4n) is 1.42. The molecular weight excluding hydrogens is 268 g/mol. The summed E-state index contributed by atoms with van der Waals surface area (Å²) >= 11 is 3.37. The van der Waals surface area contributed by atoms with Gasteiger partial charge in [-0.1, -0.05) is 32.6 Å². The highest BCUT2D eigenvalue weighted by Gasteiger charge is 2.02. The van der Waals surface area contributed by atoms with Crippen LogP contribution < -0.4 is 10.5 Å². The minimum absolute atomic E-state index is 0.629. The second kappa shape index (κ2) is 7.49. The van der Waals surface area contributed by atoms with Crippen LogP contribution in [0.2, 0.25) is 0 Å². The van der Waals surface area contributed by atoms with E-state index in [1.807, 2.05) is 0 Å². The third kappa shape index (κ3) is 4.84. The maximum atomic E-state index is 5.59. The summed E-state index contributed by atoms with van der Waals surface area (Å²) in [5.74, 6) is 0.629. The third-order valence-corrected chi connectivity index (χ3v) is 2.88. The number of ether oxygens (including phenoxy) is 1. The Morgan fingerprint density at radius 2 is 2.06 bits per heavy atom. The summed E-state index contributed by atoms with van der Waals surface area (Å²) in [4.78, 5) is 4.12. The zero-order valence-corrected chi connectivity index (χ0v) is 11.3. The van der Waals surface area contributed by atoms with Crippen molar-refractivity contribution in [2.75, 3.05) is 12.3 Å². The quantitative estimate of drug-likeness (QED) is 0.776. The number of hydrogen-bond acceptors (Lipinski definition) is 3. The lowest BCUT2D eigenvalue weighted by Crippen LogP contribution is -2.00. The van der Waals surface area contributed by atoms with E-state index >= 15 is 0 Å². The summed E-state index contributed by atoms with van der Waals surface area (Å²) in [6.07, 6.45) is 7.78. The number of rotatable bonds is 7. The lowest BCUT2D eigenvalue weighted by molar-refractivity contribution is 0.291. The van der Waals surface area contributed by atoms with Gasteiger partial charge in [-0.25, -0.2) is 4.98 Å². The Kier molecular flexibility index (Phi) is 6.23. The summed E-state index contributed by atoms with van der Waals surface area (Å²) in [5.41, 5.74) is 6.23. The lowest BCUT2D eigenvalue weighted by atomic mass is 10.2. The topological polar surface area (TPSA) is 48.1 Å². The molecule has 0 spiro atoms. The van der Waals surface area contributed by atoms with E-state index in [1.165, 1.54) is 25.7 Å². The number of nitrogens with zero attached hydrogens (tertiary/aromatic N) is 1. The highest BCUT2D eigenvalue weighted by molar-refractivity contribution is 9.10. The van der Waals surface area contributed by atoms with Gasteiger partial charge in [-0.3, -0.25) is 0 Å². The number of nitrogens with two attached hydrogens (primary N) is 1. The number of unbranched alkanes of at least 4 members (excludes halogenated alkanes) is 4. The van der Waals surface area contributed by atoms with Crippen molar-refractivity contribution in [3.05, 3.63) is 16.7 Å². The summed E-state index contributed by atoms with van der Waals surface area (Å²) in [6, 6.07) is 1.80. The van der Waals surface area contributed by atoms with E-state index in [2.05, 4.69) is 27.8 Å². The smallest absolute Gasteiger partial charge is 0.228 e. The van der Waals surface area contributed by atoms with Gasteiger partial charge in [-0.05, 0) is 28.4 Å². The maximum Gasteiger partial charge on any atom is 0.228 e. The maximum absolute atomic E-state index is 5.59. The largest absolute Gasteiger partial charge is 0.477 e. The third-order valence-electron chi connectivity index (χ3n) is 2.32. The fraction of sp³-hybridized carbons (Fsp3) is 0.583. The molecule has 0 amide bonds. The molecule has 0 radical (unpaired) electrons.